The molecule has 78 valence electrons. The normalized spacial score (nSPS) is 10.4. The van der Waals surface area contributed by atoms with E-state index < -0.39 is 5.97 Å². The van der Waals surface area contributed by atoms with E-state index in [9.17, 15) is 4.79 Å². The van der Waals surface area contributed by atoms with Gasteiger partial charge in [0, 0.05) is 23.8 Å². The molecular formula is C11H11NO2S. The number of aromatic nitrogens is 1. The summed E-state index contributed by atoms with van der Waals surface area (Å²) in [7, 11) is 0. The lowest BCUT2D eigenvalue weighted by molar-refractivity contribution is 0.0697. The summed E-state index contributed by atoms with van der Waals surface area (Å²) in [5.41, 5.74) is 0.348. The molecule has 2 heterocycles. The average Bonchev–Trinajstić information content (AvgIpc) is 2.86. The molecule has 0 saturated carbocycles. The first-order valence-corrected chi connectivity index (χ1v) is 5.55. The lowest BCUT2D eigenvalue weighted by Gasteiger charge is -1.99. The molecule has 1 N–H and O–H groups in total. The van der Waals surface area contributed by atoms with E-state index in [1.165, 1.54) is 4.88 Å². The molecule has 0 aromatic carbocycles. The summed E-state index contributed by atoms with van der Waals surface area (Å²) in [4.78, 5) is 12.0. The van der Waals surface area contributed by atoms with Gasteiger partial charge in [0.25, 0.3) is 0 Å². The van der Waals surface area contributed by atoms with Gasteiger partial charge in [-0.2, -0.15) is 0 Å². The predicted molar refractivity (Wildman–Crippen MR) is 59.4 cm³/mol. The second-order valence-electron chi connectivity index (χ2n) is 3.27. The second kappa shape index (κ2) is 4.31. The predicted octanol–water partition coefficient (Wildman–Crippen LogP) is 2.49. The molecule has 0 unspecified atom stereocenters. The van der Waals surface area contributed by atoms with Crippen LogP contribution in [0, 0.1) is 0 Å². The molecule has 0 amide bonds. The minimum Gasteiger partial charge on any atom is -0.478 e. The van der Waals surface area contributed by atoms with E-state index >= 15 is 0 Å². The monoisotopic (exact) mass is 221 g/mol. The third-order valence-corrected chi connectivity index (χ3v) is 3.13. The van der Waals surface area contributed by atoms with E-state index in [1.807, 2.05) is 16.0 Å². The van der Waals surface area contributed by atoms with Gasteiger partial charge in [-0.15, -0.1) is 11.3 Å². The summed E-state index contributed by atoms with van der Waals surface area (Å²) >= 11 is 1.73. The van der Waals surface area contributed by atoms with Crippen LogP contribution in [0.3, 0.4) is 0 Å². The third-order valence-electron chi connectivity index (χ3n) is 2.19. The van der Waals surface area contributed by atoms with Crippen molar-refractivity contribution in [3.8, 4) is 0 Å². The molecule has 0 saturated heterocycles. The second-order valence-corrected chi connectivity index (χ2v) is 4.30. The molecule has 15 heavy (non-hydrogen) atoms. The number of hydrogen-bond acceptors (Lipinski definition) is 2. The standard InChI is InChI=1S/C11H11NO2S/c13-11(14)9-3-5-12(8-9)6-4-10-2-1-7-15-10/h1-3,5,7-8H,4,6H2,(H,13,14). The lowest BCUT2D eigenvalue weighted by atomic mass is 10.3. The Bertz CT molecular complexity index is 445. The highest BCUT2D eigenvalue weighted by molar-refractivity contribution is 7.09. The van der Waals surface area contributed by atoms with Crippen molar-refractivity contribution in [2.24, 2.45) is 0 Å². The summed E-state index contributed by atoms with van der Waals surface area (Å²) in [6.07, 6.45) is 4.42. The van der Waals surface area contributed by atoms with Crippen LogP contribution in [0.1, 0.15) is 15.2 Å². The first-order chi connectivity index (χ1) is 7.25. The van der Waals surface area contributed by atoms with E-state index in [4.69, 9.17) is 5.11 Å². The Morgan fingerprint density at radius 3 is 2.93 bits per heavy atom. The van der Waals surface area contributed by atoms with Crippen LogP contribution in [-0.2, 0) is 13.0 Å². The van der Waals surface area contributed by atoms with Gasteiger partial charge in [-0.05, 0) is 23.9 Å². The highest BCUT2D eigenvalue weighted by atomic mass is 32.1. The molecule has 2 rings (SSSR count). The topological polar surface area (TPSA) is 42.2 Å². The maximum Gasteiger partial charge on any atom is 0.337 e. The molecule has 0 radical (unpaired) electrons. The van der Waals surface area contributed by atoms with Crippen LogP contribution in [-0.4, -0.2) is 15.6 Å². The molecule has 0 bridgehead atoms. The number of rotatable bonds is 4. The quantitative estimate of drug-likeness (QED) is 0.861. The lowest BCUT2D eigenvalue weighted by Crippen LogP contribution is -1.98. The van der Waals surface area contributed by atoms with Gasteiger partial charge in [0.1, 0.15) is 0 Å². The molecule has 0 aliphatic heterocycles. The Labute approximate surface area is 91.6 Å². The van der Waals surface area contributed by atoms with Crippen molar-refractivity contribution in [1.82, 2.24) is 4.57 Å². The number of aromatic carboxylic acids is 1. The Kier molecular flexibility index (Phi) is 2.87. The van der Waals surface area contributed by atoms with Gasteiger partial charge in [-0.3, -0.25) is 0 Å². The molecule has 4 heteroatoms. The number of thiophene rings is 1. The summed E-state index contributed by atoms with van der Waals surface area (Å²) < 4.78 is 1.91. The maximum absolute atomic E-state index is 10.6. The SMILES string of the molecule is O=C(O)c1ccn(CCc2cccs2)c1. The fourth-order valence-electron chi connectivity index (χ4n) is 1.40. The minimum absolute atomic E-state index is 0.348. The first-order valence-electron chi connectivity index (χ1n) is 4.67. The minimum atomic E-state index is -0.870. The van der Waals surface area contributed by atoms with Gasteiger partial charge in [0.15, 0.2) is 0 Å². The molecule has 3 nitrogen and oxygen atoms in total. The molecule has 2 aromatic heterocycles. The summed E-state index contributed by atoms with van der Waals surface area (Å²) in [6.45, 7) is 0.827. The van der Waals surface area contributed by atoms with Crippen molar-refractivity contribution < 1.29 is 9.90 Å². The highest BCUT2D eigenvalue weighted by Crippen LogP contribution is 2.10. The number of carboxylic acids is 1. The van der Waals surface area contributed by atoms with Crippen LogP contribution >= 0.6 is 11.3 Å². The Hall–Kier alpha value is -1.55. The van der Waals surface area contributed by atoms with Gasteiger partial charge in [0.2, 0.25) is 0 Å². The van der Waals surface area contributed by atoms with Crippen LogP contribution < -0.4 is 0 Å². The largest absolute Gasteiger partial charge is 0.478 e. The molecule has 2 aromatic rings. The van der Waals surface area contributed by atoms with E-state index in [-0.39, 0.29) is 0 Å². The first kappa shape index (κ1) is 9.98. The van der Waals surface area contributed by atoms with E-state index in [2.05, 4.69) is 6.07 Å². The van der Waals surface area contributed by atoms with Crippen LogP contribution in [0.4, 0.5) is 0 Å². The van der Waals surface area contributed by atoms with Crippen LogP contribution in [0.15, 0.2) is 36.0 Å². The number of carboxylic acid groups (broad SMARTS) is 1. The number of aryl methyl sites for hydroxylation is 2. The fraction of sp³-hybridized carbons (Fsp3) is 0.182. The Balaban J connectivity index is 1.96. The molecule has 0 atom stereocenters. The van der Waals surface area contributed by atoms with Crippen molar-refractivity contribution in [3.05, 3.63) is 46.4 Å². The van der Waals surface area contributed by atoms with Crippen LogP contribution in [0.2, 0.25) is 0 Å². The fourth-order valence-corrected chi connectivity index (χ4v) is 2.10. The highest BCUT2D eigenvalue weighted by Gasteiger charge is 2.04. The zero-order valence-corrected chi connectivity index (χ0v) is 8.91. The van der Waals surface area contributed by atoms with Gasteiger partial charge in [-0.1, -0.05) is 6.07 Å². The molecule has 0 spiro atoms. The van der Waals surface area contributed by atoms with Crippen molar-refractivity contribution >= 4 is 17.3 Å². The van der Waals surface area contributed by atoms with Gasteiger partial charge in [-0.25, -0.2) is 4.79 Å². The van der Waals surface area contributed by atoms with Crippen molar-refractivity contribution in [2.45, 2.75) is 13.0 Å². The van der Waals surface area contributed by atoms with Crippen molar-refractivity contribution in [3.63, 3.8) is 0 Å². The molecule has 0 aliphatic carbocycles. The maximum atomic E-state index is 10.6. The van der Waals surface area contributed by atoms with E-state index in [0.717, 1.165) is 13.0 Å². The zero-order chi connectivity index (χ0) is 10.7. The zero-order valence-electron chi connectivity index (χ0n) is 8.09. The summed E-state index contributed by atoms with van der Waals surface area (Å²) in [6, 6.07) is 5.74. The van der Waals surface area contributed by atoms with E-state index in [0.29, 0.717) is 5.56 Å². The smallest absolute Gasteiger partial charge is 0.337 e. The third kappa shape index (κ3) is 2.47. The van der Waals surface area contributed by atoms with Crippen molar-refractivity contribution in [1.29, 1.82) is 0 Å². The van der Waals surface area contributed by atoms with E-state index in [1.54, 1.807) is 29.8 Å². The van der Waals surface area contributed by atoms with Crippen molar-refractivity contribution in [2.75, 3.05) is 0 Å². The molecular weight excluding hydrogens is 210 g/mol. The van der Waals surface area contributed by atoms with Gasteiger partial charge < -0.3 is 9.67 Å². The summed E-state index contributed by atoms with van der Waals surface area (Å²) in [5.74, 6) is -0.870. The molecule has 0 fully saturated rings. The number of carbonyl (C=O) groups is 1. The number of hydrogen-bond donors (Lipinski definition) is 1. The van der Waals surface area contributed by atoms with Gasteiger partial charge in [0.05, 0.1) is 5.56 Å². The van der Waals surface area contributed by atoms with Crippen LogP contribution in [0.25, 0.3) is 0 Å². The molecule has 0 aliphatic rings. The van der Waals surface area contributed by atoms with Gasteiger partial charge >= 0.3 is 5.97 Å². The average molecular weight is 221 g/mol. The number of nitrogens with zero attached hydrogens (tertiary/aromatic N) is 1. The Morgan fingerprint density at radius 1 is 1.47 bits per heavy atom. The summed E-state index contributed by atoms with van der Waals surface area (Å²) in [5, 5.41) is 10.8. The van der Waals surface area contributed by atoms with Crippen LogP contribution in [0.5, 0.6) is 0 Å². The Morgan fingerprint density at radius 2 is 2.33 bits per heavy atom.